The summed E-state index contributed by atoms with van der Waals surface area (Å²) < 4.78 is 5.38. The van der Waals surface area contributed by atoms with Gasteiger partial charge in [-0.05, 0) is 26.2 Å². The van der Waals surface area contributed by atoms with Gasteiger partial charge in [-0.1, -0.05) is 0 Å². The van der Waals surface area contributed by atoms with Crippen molar-refractivity contribution in [3.05, 3.63) is 0 Å². The summed E-state index contributed by atoms with van der Waals surface area (Å²) in [6.45, 7) is 2.64. The largest absolute Gasteiger partial charge is 0.391 e. The maximum Gasteiger partial charge on any atom is 0.0751 e. The molecule has 3 atom stereocenters. The summed E-state index contributed by atoms with van der Waals surface area (Å²) in [6, 6.07) is -0.177. The van der Waals surface area contributed by atoms with E-state index in [0.717, 1.165) is 19.3 Å². The molecular weight excluding hydrogens is 142 g/mol. The number of aliphatic hydroxyl groups excluding tert-OH is 1. The van der Waals surface area contributed by atoms with Crippen molar-refractivity contribution in [3.8, 4) is 0 Å². The number of hydrogen-bond donors (Lipinski definition) is 2. The normalized spacial score (nSPS) is 39.0. The van der Waals surface area contributed by atoms with Crippen LogP contribution in [0.5, 0.6) is 0 Å². The van der Waals surface area contributed by atoms with Crippen molar-refractivity contribution < 1.29 is 9.84 Å². The molecule has 0 aromatic rings. The highest BCUT2D eigenvalue weighted by Gasteiger charge is 2.29. The molecular formula is C8H17NO2. The van der Waals surface area contributed by atoms with E-state index < -0.39 is 0 Å². The Morgan fingerprint density at radius 2 is 2.27 bits per heavy atom. The van der Waals surface area contributed by atoms with Gasteiger partial charge < -0.3 is 15.6 Å². The smallest absolute Gasteiger partial charge is 0.0751 e. The van der Waals surface area contributed by atoms with Gasteiger partial charge in [0, 0.05) is 6.61 Å². The van der Waals surface area contributed by atoms with E-state index in [4.69, 9.17) is 10.5 Å². The lowest BCUT2D eigenvalue weighted by molar-refractivity contribution is -0.0271. The van der Waals surface area contributed by atoms with Gasteiger partial charge >= 0.3 is 0 Å². The van der Waals surface area contributed by atoms with E-state index in [2.05, 4.69) is 0 Å². The molecule has 0 aromatic carbocycles. The zero-order valence-electron chi connectivity index (χ0n) is 6.99. The second kappa shape index (κ2) is 4.04. The van der Waals surface area contributed by atoms with Gasteiger partial charge in [0.25, 0.3) is 0 Å². The second-order valence-electron chi connectivity index (χ2n) is 3.07. The Morgan fingerprint density at radius 1 is 1.55 bits per heavy atom. The molecule has 3 nitrogen and oxygen atoms in total. The van der Waals surface area contributed by atoms with Crippen molar-refractivity contribution in [1.82, 2.24) is 0 Å². The zero-order valence-corrected chi connectivity index (χ0v) is 6.99. The van der Waals surface area contributed by atoms with Gasteiger partial charge in [-0.3, -0.25) is 0 Å². The van der Waals surface area contributed by atoms with Crippen LogP contribution in [0.1, 0.15) is 26.2 Å². The molecule has 66 valence electrons. The Kier molecular flexibility index (Phi) is 3.30. The van der Waals surface area contributed by atoms with E-state index in [-0.39, 0.29) is 18.2 Å². The van der Waals surface area contributed by atoms with Crippen LogP contribution in [0.3, 0.4) is 0 Å². The molecule has 0 aliphatic heterocycles. The monoisotopic (exact) mass is 159 g/mol. The fourth-order valence-electron chi connectivity index (χ4n) is 1.57. The van der Waals surface area contributed by atoms with Crippen molar-refractivity contribution in [1.29, 1.82) is 0 Å². The molecule has 0 saturated heterocycles. The standard InChI is InChI=1S/C8H17NO2/c1-2-11-7-5-3-4-6(10)8(7)9/h6-8,10H,2-5,9H2,1H3. The number of ether oxygens (including phenoxy) is 1. The Morgan fingerprint density at radius 3 is 2.91 bits per heavy atom. The average molecular weight is 159 g/mol. The molecule has 0 radical (unpaired) electrons. The molecule has 0 bridgehead atoms. The van der Waals surface area contributed by atoms with E-state index in [1.165, 1.54) is 0 Å². The second-order valence-corrected chi connectivity index (χ2v) is 3.07. The average Bonchev–Trinajstić information content (AvgIpc) is 1.99. The third-order valence-corrected chi connectivity index (χ3v) is 2.24. The first kappa shape index (κ1) is 8.97. The summed E-state index contributed by atoms with van der Waals surface area (Å²) in [6.07, 6.45) is 2.56. The Labute approximate surface area is 67.5 Å². The van der Waals surface area contributed by atoms with Gasteiger partial charge in [0.05, 0.1) is 18.2 Å². The highest BCUT2D eigenvalue weighted by atomic mass is 16.5. The quantitative estimate of drug-likeness (QED) is 0.608. The minimum Gasteiger partial charge on any atom is -0.391 e. The highest BCUT2D eigenvalue weighted by Crippen LogP contribution is 2.19. The Bertz CT molecular complexity index is 117. The van der Waals surface area contributed by atoms with Crippen LogP contribution in [0.15, 0.2) is 0 Å². The lowest BCUT2D eigenvalue weighted by atomic mass is 9.90. The molecule has 0 aromatic heterocycles. The van der Waals surface area contributed by atoms with Crippen LogP contribution in [-0.4, -0.2) is 30.0 Å². The Balaban J connectivity index is 2.38. The molecule has 1 rings (SSSR count). The minimum atomic E-state index is -0.361. The van der Waals surface area contributed by atoms with E-state index >= 15 is 0 Å². The molecule has 3 heteroatoms. The first-order valence-corrected chi connectivity index (χ1v) is 4.31. The van der Waals surface area contributed by atoms with E-state index in [1.54, 1.807) is 0 Å². The first-order valence-electron chi connectivity index (χ1n) is 4.31. The number of nitrogens with two attached hydrogens (primary N) is 1. The van der Waals surface area contributed by atoms with E-state index in [0.29, 0.717) is 6.61 Å². The number of rotatable bonds is 2. The lowest BCUT2D eigenvalue weighted by Gasteiger charge is -2.32. The molecule has 1 aliphatic rings. The Hall–Kier alpha value is -0.120. The predicted molar refractivity (Wildman–Crippen MR) is 43.2 cm³/mol. The van der Waals surface area contributed by atoms with Gasteiger partial charge in [-0.15, -0.1) is 0 Å². The van der Waals surface area contributed by atoms with Crippen LogP contribution >= 0.6 is 0 Å². The van der Waals surface area contributed by atoms with Crippen LogP contribution in [-0.2, 0) is 4.74 Å². The molecule has 1 fully saturated rings. The van der Waals surface area contributed by atoms with Crippen molar-refractivity contribution in [2.75, 3.05) is 6.61 Å². The highest BCUT2D eigenvalue weighted by molar-refractivity contribution is 4.85. The summed E-state index contributed by atoms with van der Waals surface area (Å²) >= 11 is 0. The summed E-state index contributed by atoms with van der Waals surface area (Å²) in [5.74, 6) is 0. The van der Waals surface area contributed by atoms with Crippen LogP contribution in [0, 0.1) is 0 Å². The lowest BCUT2D eigenvalue weighted by Crippen LogP contribution is -2.48. The minimum absolute atomic E-state index is 0.0729. The van der Waals surface area contributed by atoms with Gasteiger partial charge in [-0.2, -0.15) is 0 Å². The van der Waals surface area contributed by atoms with Gasteiger partial charge in [-0.25, -0.2) is 0 Å². The fraction of sp³-hybridized carbons (Fsp3) is 1.00. The molecule has 0 spiro atoms. The van der Waals surface area contributed by atoms with Crippen LogP contribution in [0.4, 0.5) is 0 Å². The predicted octanol–water partition coefficient (Wildman–Crippen LogP) is 0.264. The summed E-state index contributed by atoms with van der Waals surface area (Å²) in [7, 11) is 0. The first-order chi connectivity index (χ1) is 5.25. The SMILES string of the molecule is CCOC1CCCC(O)C1N. The van der Waals surface area contributed by atoms with Crippen LogP contribution < -0.4 is 5.73 Å². The summed E-state index contributed by atoms with van der Waals surface area (Å²) in [5.41, 5.74) is 5.73. The molecule has 3 N–H and O–H groups in total. The van der Waals surface area contributed by atoms with Gasteiger partial charge in [0.1, 0.15) is 0 Å². The van der Waals surface area contributed by atoms with Crippen LogP contribution in [0.2, 0.25) is 0 Å². The van der Waals surface area contributed by atoms with Crippen molar-refractivity contribution in [2.24, 2.45) is 5.73 Å². The van der Waals surface area contributed by atoms with E-state index in [1.807, 2.05) is 6.92 Å². The topological polar surface area (TPSA) is 55.5 Å². The molecule has 3 unspecified atom stereocenters. The number of aliphatic hydroxyl groups is 1. The number of hydrogen-bond acceptors (Lipinski definition) is 3. The molecule has 0 amide bonds. The molecule has 1 aliphatic carbocycles. The van der Waals surface area contributed by atoms with Crippen LogP contribution in [0.25, 0.3) is 0 Å². The summed E-state index contributed by atoms with van der Waals surface area (Å²) in [5, 5.41) is 9.37. The zero-order chi connectivity index (χ0) is 8.27. The molecule has 1 saturated carbocycles. The maximum absolute atomic E-state index is 9.37. The third-order valence-electron chi connectivity index (χ3n) is 2.24. The fourth-order valence-corrected chi connectivity index (χ4v) is 1.57. The maximum atomic E-state index is 9.37. The summed E-state index contributed by atoms with van der Waals surface area (Å²) in [4.78, 5) is 0. The van der Waals surface area contributed by atoms with Crippen molar-refractivity contribution in [3.63, 3.8) is 0 Å². The molecule has 0 heterocycles. The van der Waals surface area contributed by atoms with Gasteiger partial charge in [0.2, 0.25) is 0 Å². The molecule has 11 heavy (non-hydrogen) atoms. The van der Waals surface area contributed by atoms with E-state index in [9.17, 15) is 5.11 Å². The van der Waals surface area contributed by atoms with Gasteiger partial charge in [0.15, 0.2) is 0 Å². The van der Waals surface area contributed by atoms with Crippen molar-refractivity contribution in [2.45, 2.75) is 44.4 Å². The third kappa shape index (κ3) is 2.15. The van der Waals surface area contributed by atoms with Crippen molar-refractivity contribution >= 4 is 0 Å².